The Labute approximate surface area is 202 Å². The van der Waals surface area contributed by atoms with Gasteiger partial charge in [0.25, 0.3) is 0 Å². The van der Waals surface area contributed by atoms with Crippen molar-refractivity contribution in [1.82, 2.24) is 25.1 Å². The summed E-state index contributed by atoms with van der Waals surface area (Å²) in [6, 6.07) is 9.65. The maximum atomic E-state index is 12.8. The number of carbonyl (C=O) groups is 2. The third-order valence-electron chi connectivity index (χ3n) is 6.36. The molecule has 1 aliphatic rings. The van der Waals surface area contributed by atoms with Crippen LogP contribution in [0.15, 0.2) is 53.5 Å². The molecule has 3 aromatic heterocycles. The molecule has 1 aromatic carbocycles. The fourth-order valence-corrected chi connectivity index (χ4v) is 4.24. The Kier molecular flexibility index (Phi) is 6.17. The van der Waals surface area contributed by atoms with E-state index in [1.165, 1.54) is 11.9 Å². The third kappa shape index (κ3) is 4.72. The first kappa shape index (κ1) is 22.6. The summed E-state index contributed by atoms with van der Waals surface area (Å²) in [5.74, 6) is 0.929. The van der Waals surface area contributed by atoms with Crippen LogP contribution in [0.1, 0.15) is 23.3 Å². The molecular formula is C25H27N7O3. The molecule has 4 heterocycles. The summed E-state index contributed by atoms with van der Waals surface area (Å²) < 4.78 is 7.08. The van der Waals surface area contributed by atoms with Crippen LogP contribution in [0.4, 0.5) is 11.5 Å². The Balaban J connectivity index is 1.17. The van der Waals surface area contributed by atoms with Crippen LogP contribution in [0.5, 0.6) is 0 Å². The van der Waals surface area contributed by atoms with Crippen molar-refractivity contribution in [2.75, 3.05) is 23.3 Å². The lowest BCUT2D eigenvalue weighted by Crippen LogP contribution is -2.35. The second-order valence-electron chi connectivity index (χ2n) is 8.73. The van der Waals surface area contributed by atoms with Crippen molar-refractivity contribution in [2.45, 2.75) is 33.4 Å². The number of anilines is 2. The van der Waals surface area contributed by atoms with Crippen molar-refractivity contribution in [3.63, 3.8) is 0 Å². The molecule has 1 unspecified atom stereocenters. The largest absolute Gasteiger partial charge is 0.467 e. The van der Waals surface area contributed by atoms with Crippen LogP contribution in [0.3, 0.4) is 0 Å². The van der Waals surface area contributed by atoms with E-state index in [-0.39, 0.29) is 24.2 Å². The molecule has 10 heteroatoms. The fourth-order valence-electron chi connectivity index (χ4n) is 4.24. The molecule has 180 valence electrons. The van der Waals surface area contributed by atoms with Gasteiger partial charge in [-0.3, -0.25) is 9.59 Å². The Morgan fingerprint density at radius 3 is 2.89 bits per heavy atom. The Morgan fingerprint density at radius 1 is 1.20 bits per heavy atom. The summed E-state index contributed by atoms with van der Waals surface area (Å²) in [5.41, 5.74) is 3.81. The van der Waals surface area contributed by atoms with E-state index in [4.69, 9.17) is 4.42 Å². The molecule has 1 atom stereocenters. The van der Waals surface area contributed by atoms with Crippen molar-refractivity contribution in [3.8, 4) is 0 Å². The fraction of sp³-hybridized carbons (Fsp3) is 0.320. The van der Waals surface area contributed by atoms with Crippen LogP contribution in [0.2, 0.25) is 0 Å². The number of furan rings is 1. The third-order valence-corrected chi connectivity index (χ3v) is 6.36. The highest BCUT2D eigenvalue weighted by molar-refractivity contribution is 6.00. The van der Waals surface area contributed by atoms with Gasteiger partial charge in [-0.1, -0.05) is 6.07 Å². The summed E-state index contributed by atoms with van der Waals surface area (Å²) in [6.45, 7) is 5.77. The summed E-state index contributed by atoms with van der Waals surface area (Å²) in [5, 5.41) is 11.4. The summed E-state index contributed by atoms with van der Waals surface area (Å²) in [6.07, 6.45) is 5.02. The second-order valence-corrected chi connectivity index (χ2v) is 8.73. The molecule has 10 nitrogen and oxygen atoms in total. The minimum atomic E-state index is -0.377. The van der Waals surface area contributed by atoms with E-state index in [1.54, 1.807) is 22.0 Å². The zero-order chi connectivity index (χ0) is 24.4. The topological polar surface area (TPSA) is 118 Å². The first-order valence-electron chi connectivity index (χ1n) is 11.6. The average Bonchev–Trinajstić information content (AvgIpc) is 3.60. The molecule has 0 radical (unpaired) electrons. The highest BCUT2D eigenvalue weighted by atomic mass is 16.3. The first-order chi connectivity index (χ1) is 17.0. The van der Waals surface area contributed by atoms with Crippen molar-refractivity contribution < 1.29 is 14.0 Å². The van der Waals surface area contributed by atoms with E-state index in [0.717, 1.165) is 22.4 Å². The molecular weight excluding hydrogens is 446 g/mol. The van der Waals surface area contributed by atoms with Gasteiger partial charge < -0.3 is 20.0 Å². The van der Waals surface area contributed by atoms with E-state index in [2.05, 4.69) is 25.7 Å². The highest BCUT2D eigenvalue weighted by Gasteiger charge is 2.35. The van der Waals surface area contributed by atoms with E-state index in [0.29, 0.717) is 37.6 Å². The average molecular weight is 474 g/mol. The summed E-state index contributed by atoms with van der Waals surface area (Å²) in [7, 11) is 0. The maximum absolute atomic E-state index is 12.8. The van der Waals surface area contributed by atoms with Crippen molar-refractivity contribution in [2.24, 2.45) is 5.92 Å². The van der Waals surface area contributed by atoms with Crippen molar-refractivity contribution >= 4 is 34.4 Å². The molecule has 1 saturated heterocycles. The van der Waals surface area contributed by atoms with Crippen LogP contribution < -0.4 is 15.5 Å². The lowest BCUT2D eigenvalue weighted by molar-refractivity contribution is -0.126. The van der Waals surface area contributed by atoms with E-state index in [9.17, 15) is 9.59 Å². The molecule has 0 aliphatic carbocycles. The van der Waals surface area contributed by atoms with E-state index < -0.39 is 0 Å². The van der Waals surface area contributed by atoms with Gasteiger partial charge in [-0.15, -0.1) is 0 Å². The van der Waals surface area contributed by atoms with Gasteiger partial charge in [0.1, 0.15) is 17.9 Å². The molecule has 35 heavy (non-hydrogen) atoms. The quantitative estimate of drug-likeness (QED) is 0.404. The number of rotatable bonds is 8. The number of aryl methyl sites for hydroxylation is 2. The van der Waals surface area contributed by atoms with Crippen molar-refractivity contribution in [1.29, 1.82) is 0 Å². The predicted molar refractivity (Wildman–Crippen MR) is 131 cm³/mol. The smallest absolute Gasteiger partial charge is 0.227 e. The van der Waals surface area contributed by atoms with Gasteiger partial charge in [-0.2, -0.15) is 5.10 Å². The van der Waals surface area contributed by atoms with Gasteiger partial charge in [0.05, 0.1) is 36.9 Å². The monoisotopic (exact) mass is 473 g/mol. The molecule has 5 rings (SSSR count). The number of aromatic nitrogens is 4. The Morgan fingerprint density at radius 2 is 2.09 bits per heavy atom. The SMILES string of the molecule is Cc1ccc(N2CC(C(=O)NCCn3ncc4c(NCc5ccco5)ncnc43)CC2=O)cc1C. The molecule has 2 N–H and O–H groups in total. The van der Waals surface area contributed by atoms with Gasteiger partial charge in [0, 0.05) is 25.2 Å². The molecule has 0 spiro atoms. The summed E-state index contributed by atoms with van der Waals surface area (Å²) >= 11 is 0. The standard InChI is InChI=1S/C25H27N7O3/c1-16-5-6-19(10-17(16)2)31-14-18(11-22(31)33)25(34)26-7-8-32-24-21(13-30-32)23(28-15-29-24)27-12-20-4-3-9-35-20/h3-6,9-10,13,15,18H,7-8,11-12,14H2,1-2H3,(H,26,34)(H,27,28,29). The molecule has 1 aliphatic heterocycles. The van der Waals surface area contributed by atoms with Crippen LogP contribution in [0.25, 0.3) is 11.0 Å². The number of amides is 2. The zero-order valence-electron chi connectivity index (χ0n) is 19.7. The summed E-state index contributed by atoms with van der Waals surface area (Å²) in [4.78, 5) is 35.7. The van der Waals surface area contributed by atoms with Gasteiger partial charge in [0.15, 0.2) is 5.65 Å². The number of carbonyl (C=O) groups excluding carboxylic acids is 2. The lowest BCUT2D eigenvalue weighted by atomic mass is 10.1. The highest BCUT2D eigenvalue weighted by Crippen LogP contribution is 2.27. The Bertz CT molecular complexity index is 1360. The lowest BCUT2D eigenvalue weighted by Gasteiger charge is -2.18. The van der Waals surface area contributed by atoms with E-state index >= 15 is 0 Å². The van der Waals surface area contributed by atoms with Crippen LogP contribution >= 0.6 is 0 Å². The van der Waals surface area contributed by atoms with Crippen molar-refractivity contribution in [3.05, 3.63) is 66.0 Å². The maximum Gasteiger partial charge on any atom is 0.227 e. The molecule has 0 bridgehead atoms. The molecule has 2 amide bonds. The molecule has 4 aromatic rings. The predicted octanol–water partition coefficient (Wildman–Crippen LogP) is 2.82. The van der Waals surface area contributed by atoms with Crippen LogP contribution in [-0.4, -0.2) is 44.7 Å². The van der Waals surface area contributed by atoms with Gasteiger partial charge >= 0.3 is 0 Å². The molecule has 1 fully saturated rings. The normalized spacial score (nSPS) is 15.7. The van der Waals surface area contributed by atoms with E-state index in [1.807, 2.05) is 44.2 Å². The Hall–Kier alpha value is -4.21. The number of nitrogens with one attached hydrogen (secondary N) is 2. The number of hydrogen-bond acceptors (Lipinski definition) is 7. The number of nitrogens with zero attached hydrogens (tertiary/aromatic N) is 5. The molecule has 0 saturated carbocycles. The van der Waals surface area contributed by atoms with Gasteiger partial charge in [0.2, 0.25) is 11.8 Å². The second kappa shape index (κ2) is 9.57. The minimum Gasteiger partial charge on any atom is -0.467 e. The van der Waals surface area contributed by atoms with Gasteiger partial charge in [-0.25, -0.2) is 14.6 Å². The van der Waals surface area contributed by atoms with Gasteiger partial charge in [-0.05, 0) is 49.2 Å². The zero-order valence-corrected chi connectivity index (χ0v) is 19.7. The van der Waals surface area contributed by atoms with Crippen LogP contribution in [0, 0.1) is 19.8 Å². The van der Waals surface area contributed by atoms with Crippen LogP contribution in [-0.2, 0) is 22.7 Å². The number of hydrogen-bond donors (Lipinski definition) is 2. The minimum absolute atomic E-state index is 0.0299. The first-order valence-corrected chi connectivity index (χ1v) is 11.6. The number of benzene rings is 1. The number of fused-ring (bicyclic) bond motifs is 1.